The van der Waals surface area contributed by atoms with Crippen molar-refractivity contribution in [1.82, 2.24) is 0 Å². The number of carbonyl (C=O) groups excluding carboxylic acids is 1. The van der Waals surface area contributed by atoms with Crippen LogP contribution in [0.2, 0.25) is 0 Å². The third-order valence-electron chi connectivity index (χ3n) is 4.64. The molecular weight excluding hydrogens is 340 g/mol. The highest BCUT2D eigenvalue weighted by atomic mass is 16.6. The Morgan fingerprint density at radius 3 is 1.96 bits per heavy atom. The van der Waals surface area contributed by atoms with Crippen LogP contribution in [0.5, 0.6) is 0 Å². The molecule has 0 saturated heterocycles. The molecule has 1 atom stereocenters. The minimum atomic E-state index is -0.526. The van der Waals surface area contributed by atoms with E-state index in [4.69, 9.17) is 14.6 Å². The van der Waals surface area contributed by atoms with E-state index in [1.54, 1.807) is 6.92 Å². The first kappa shape index (κ1) is 26.1. The maximum absolute atomic E-state index is 11.2. The molecule has 0 heterocycles. The van der Waals surface area contributed by atoms with Crippen LogP contribution in [0, 0.1) is 0 Å². The van der Waals surface area contributed by atoms with Gasteiger partial charge in [0.05, 0.1) is 13.2 Å². The first-order valence-corrected chi connectivity index (χ1v) is 11.3. The summed E-state index contributed by atoms with van der Waals surface area (Å²) >= 11 is 0. The largest absolute Gasteiger partial charge is 0.457 e. The van der Waals surface area contributed by atoms with Crippen molar-refractivity contribution in [2.75, 3.05) is 19.8 Å². The van der Waals surface area contributed by atoms with Gasteiger partial charge in [-0.15, -0.1) is 0 Å². The van der Waals surface area contributed by atoms with Gasteiger partial charge in [-0.1, -0.05) is 77.4 Å². The number of hydrogen-bond acceptors (Lipinski definition) is 4. The molecule has 0 radical (unpaired) electrons. The summed E-state index contributed by atoms with van der Waals surface area (Å²) in [6.45, 7) is 4.77. The van der Waals surface area contributed by atoms with Gasteiger partial charge in [0.25, 0.3) is 0 Å². The Hall–Kier alpha value is -0.870. The summed E-state index contributed by atoms with van der Waals surface area (Å²) in [6, 6.07) is 0. The number of carbonyl (C=O) groups is 1. The molecule has 0 amide bonds. The van der Waals surface area contributed by atoms with Crippen molar-refractivity contribution >= 4 is 5.97 Å². The topological polar surface area (TPSA) is 55.8 Å². The Balaban J connectivity index is 3.27. The SMILES string of the molecule is CCCCCCC/C=C\CCCCCCCCOCC(CO)OC(=O)CC. The number of allylic oxidation sites excluding steroid dienone is 2. The smallest absolute Gasteiger partial charge is 0.305 e. The van der Waals surface area contributed by atoms with Crippen LogP contribution >= 0.6 is 0 Å². The molecule has 0 aromatic heterocycles. The molecule has 0 spiro atoms. The van der Waals surface area contributed by atoms with E-state index in [0.29, 0.717) is 13.0 Å². The summed E-state index contributed by atoms with van der Waals surface area (Å²) in [6.07, 6.45) is 21.2. The molecular formula is C23H44O4. The van der Waals surface area contributed by atoms with Crippen molar-refractivity contribution in [3.63, 3.8) is 0 Å². The average Bonchev–Trinajstić information content (AvgIpc) is 2.69. The fraction of sp³-hybridized carbons (Fsp3) is 0.870. The molecule has 4 nitrogen and oxygen atoms in total. The fourth-order valence-corrected chi connectivity index (χ4v) is 2.88. The first-order valence-electron chi connectivity index (χ1n) is 11.3. The molecule has 160 valence electrons. The van der Waals surface area contributed by atoms with Crippen molar-refractivity contribution in [2.24, 2.45) is 0 Å². The fourth-order valence-electron chi connectivity index (χ4n) is 2.88. The maximum atomic E-state index is 11.2. The zero-order valence-corrected chi connectivity index (χ0v) is 17.9. The Labute approximate surface area is 167 Å². The molecule has 0 rings (SSSR count). The van der Waals surface area contributed by atoms with E-state index in [-0.39, 0.29) is 19.2 Å². The van der Waals surface area contributed by atoms with E-state index in [9.17, 15) is 4.79 Å². The van der Waals surface area contributed by atoms with Gasteiger partial charge in [0.15, 0.2) is 0 Å². The zero-order chi connectivity index (χ0) is 20.0. The second-order valence-electron chi connectivity index (χ2n) is 7.31. The molecule has 0 aromatic carbocycles. The van der Waals surface area contributed by atoms with Gasteiger partial charge in [0.1, 0.15) is 6.10 Å². The maximum Gasteiger partial charge on any atom is 0.305 e. The third-order valence-corrected chi connectivity index (χ3v) is 4.64. The highest BCUT2D eigenvalue weighted by molar-refractivity contribution is 5.69. The van der Waals surface area contributed by atoms with Crippen LogP contribution in [-0.2, 0) is 14.3 Å². The number of rotatable bonds is 20. The molecule has 27 heavy (non-hydrogen) atoms. The molecule has 0 aliphatic carbocycles. The molecule has 0 aliphatic rings. The lowest BCUT2D eigenvalue weighted by Gasteiger charge is -2.15. The molecule has 0 aliphatic heterocycles. The average molecular weight is 385 g/mol. The van der Waals surface area contributed by atoms with E-state index in [0.717, 1.165) is 6.42 Å². The van der Waals surface area contributed by atoms with E-state index >= 15 is 0 Å². The van der Waals surface area contributed by atoms with Gasteiger partial charge in [-0.05, 0) is 32.1 Å². The van der Waals surface area contributed by atoms with Crippen molar-refractivity contribution in [1.29, 1.82) is 0 Å². The lowest BCUT2D eigenvalue weighted by molar-refractivity contribution is -0.154. The van der Waals surface area contributed by atoms with E-state index < -0.39 is 6.10 Å². The van der Waals surface area contributed by atoms with Gasteiger partial charge < -0.3 is 14.6 Å². The minimum absolute atomic E-state index is 0.182. The van der Waals surface area contributed by atoms with E-state index in [1.807, 2.05) is 0 Å². The van der Waals surface area contributed by atoms with Gasteiger partial charge in [-0.25, -0.2) is 0 Å². The Morgan fingerprint density at radius 1 is 0.852 bits per heavy atom. The van der Waals surface area contributed by atoms with Gasteiger partial charge in [-0.2, -0.15) is 0 Å². The summed E-state index contributed by atoms with van der Waals surface area (Å²) < 4.78 is 10.6. The van der Waals surface area contributed by atoms with Crippen molar-refractivity contribution in [3.05, 3.63) is 12.2 Å². The molecule has 0 fully saturated rings. The van der Waals surface area contributed by atoms with Crippen LogP contribution in [0.1, 0.15) is 104 Å². The monoisotopic (exact) mass is 384 g/mol. The van der Waals surface area contributed by atoms with Crippen LogP contribution in [0.3, 0.4) is 0 Å². The van der Waals surface area contributed by atoms with Crippen molar-refractivity contribution < 1.29 is 19.4 Å². The number of aliphatic hydroxyl groups is 1. The number of unbranched alkanes of at least 4 members (excludes halogenated alkanes) is 11. The van der Waals surface area contributed by atoms with Crippen LogP contribution in [-0.4, -0.2) is 37.0 Å². The van der Waals surface area contributed by atoms with Crippen LogP contribution in [0.25, 0.3) is 0 Å². The second kappa shape index (κ2) is 21.4. The summed E-state index contributed by atoms with van der Waals surface area (Å²) in [4.78, 5) is 11.2. The molecule has 1 unspecified atom stereocenters. The quantitative estimate of drug-likeness (QED) is 0.160. The predicted octanol–water partition coefficient (Wildman–Crippen LogP) is 5.96. The highest BCUT2D eigenvalue weighted by Gasteiger charge is 2.11. The molecule has 4 heteroatoms. The first-order chi connectivity index (χ1) is 13.2. The standard InChI is InChI=1S/C23H44O4/c1-3-5-6-7-8-9-10-11-12-13-14-15-16-17-18-19-26-21-22(20-24)27-23(25)4-2/h10-11,22,24H,3-9,12-21H2,1-2H3/b11-10-. The van der Waals surface area contributed by atoms with Gasteiger partial charge in [0.2, 0.25) is 0 Å². The summed E-state index contributed by atoms with van der Waals surface area (Å²) in [5.74, 6) is -0.292. The van der Waals surface area contributed by atoms with Crippen LogP contribution in [0.4, 0.5) is 0 Å². The molecule has 1 N–H and O–H groups in total. The van der Waals surface area contributed by atoms with Crippen LogP contribution in [0.15, 0.2) is 12.2 Å². The van der Waals surface area contributed by atoms with E-state index in [1.165, 1.54) is 77.0 Å². The lowest BCUT2D eigenvalue weighted by atomic mass is 10.1. The second-order valence-corrected chi connectivity index (χ2v) is 7.31. The Bertz CT molecular complexity index is 341. The van der Waals surface area contributed by atoms with E-state index in [2.05, 4.69) is 19.1 Å². The number of esters is 1. The Morgan fingerprint density at radius 2 is 1.41 bits per heavy atom. The third kappa shape index (κ3) is 19.7. The Kier molecular flexibility index (Phi) is 20.7. The number of hydrogen-bond donors (Lipinski definition) is 1. The lowest BCUT2D eigenvalue weighted by Crippen LogP contribution is -2.27. The highest BCUT2D eigenvalue weighted by Crippen LogP contribution is 2.09. The summed E-state index contributed by atoms with van der Waals surface area (Å²) in [5.41, 5.74) is 0. The molecule has 0 saturated carbocycles. The predicted molar refractivity (Wildman–Crippen MR) is 113 cm³/mol. The molecule has 0 aromatic rings. The molecule has 0 bridgehead atoms. The number of aliphatic hydroxyl groups excluding tert-OH is 1. The summed E-state index contributed by atoms with van der Waals surface area (Å²) in [7, 11) is 0. The van der Waals surface area contributed by atoms with Crippen molar-refractivity contribution in [3.8, 4) is 0 Å². The zero-order valence-electron chi connectivity index (χ0n) is 17.9. The van der Waals surface area contributed by atoms with Crippen LogP contribution < -0.4 is 0 Å². The van der Waals surface area contributed by atoms with Gasteiger partial charge >= 0.3 is 5.97 Å². The summed E-state index contributed by atoms with van der Waals surface area (Å²) in [5, 5.41) is 9.14. The van der Waals surface area contributed by atoms with Gasteiger partial charge in [-0.3, -0.25) is 4.79 Å². The number of ether oxygens (including phenoxy) is 2. The van der Waals surface area contributed by atoms with Gasteiger partial charge in [0, 0.05) is 13.0 Å². The van der Waals surface area contributed by atoms with Crippen molar-refractivity contribution in [2.45, 2.75) is 110 Å². The minimum Gasteiger partial charge on any atom is -0.457 e. The normalized spacial score (nSPS) is 12.6.